The highest BCUT2D eigenvalue weighted by molar-refractivity contribution is 6.00. The maximum Gasteiger partial charge on any atom is 0.167 e. The number of aliphatic hydroxyl groups excluding tert-OH is 2. The minimum absolute atomic E-state index is 0.254. The molecule has 0 radical (unpaired) electrons. The topological polar surface area (TPSA) is 152 Å². The summed E-state index contributed by atoms with van der Waals surface area (Å²) in [7, 11) is 0. The van der Waals surface area contributed by atoms with Crippen LogP contribution in [0.3, 0.4) is 0 Å². The third-order valence-corrected chi connectivity index (χ3v) is 4.70. The molecule has 136 valence electrons. The smallest absolute Gasteiger partial charge is 0.167 e. The third kappa shape index (κ3) is 2.35. The number of hydrogen-bond donors (Lipinski definition) is 4. The molecule has 0 aromatic carbocycles. The first-order valence-corrected chi connectivity index (χ1v) is 7.98. The Labute approximate surface area is 147 Å². The van der Waals surface area contributed by atoms with Crippen LogP contribution in [0.2, 0.25) is 0 Å². The van der Waals surface area contributed by atoms with E-state index >= 15 is 0 Å². The van der Waals surface area contributed by atoms with E-state index in [4.69, 9.17) is 10.5 Å². The number of nitrogens with two attached hydrogens (primary N) is 1. The fourth-order valence-corrected chi connectivity index (χ4v) is 3.33. The largest absolute Gasteiger partial charge is 0.394 e. The van der Waals surface area contributed by atoms with Crippen molar-refractivity contribution >= 4 is 16.9 Å². The Balaban J connectivity index is 1.94. The minimum Gasteiger partial charge on any atom is -0.394 e. The second-order valence-electron chi connectivity index (χ2n) is 6.41. The Morgan fingerprint density at radius 1 is 1.27 bits per heavy atom. The lowest BCUT2D eigenvalue weighted by atomic mass is 9.96. The molecule has 0 spiro atoms. The van der Waals surface area contributed by atoms with E-state index in [1.165, 1.54) is 19.6 Å². The highest BCUT2D eigenvalue weighted by atomic mass is 16.6. The van der Waals surface area contributed by atoms with Crippen LogP contribution in [0.15, 0.2) is 31.2 Å². The van der Waals surface area contributed by atoms with Gasteiger partial charge in [0.2, 0.25) is 0 Å². The quantitative estimate of drug-likeness (QED) is 0.484. The zero-order chi connectivity index (χ0) is 18.5. The fraction of sp³-hybridized carbons (Fsp3) is 0.375. The first-order valence-electron chi connectivity index (χ1n) is 7.98. The maximum atomic E-state index is 10.8. The van der Waals surface area contributed by atoms with Gasteiger partial charge in [0.05, 0.1) is 12.0 Å². The van der Waals surface area contributed by atoms with Crippen molar-refractivity contribution in [2.24, 2.45) is 0 Å². The van der Waals surface area contributed by atoms with E-state index in [2.05, 4.69) is 19.9 Å². The predicted molar refractivity (Wildman–Crippen MR) is 90.6 cm³/mol. The number of hydrogen-bond acceptors (Lipinski definition) is 9. The summed E-state index contributed by atoms with van der Waals surface area (Å²) in [6.45, 7) is 1.02. The molecule has 3 aromatic heterocycles. The van der Waals surface area contributed by atoms with Gasteiger partial charge in [0.15, 0.2) is 6.23 Å². The Kier molecular flexibility index (Phi) is 3.84. The van der Waals surface area contributed by atoms with Gasteiger partial charge in [0, 0.05) is 29.7 Å². The molecule has 26 heavy (non-hydrogen) atoms. The summed E-state index contributed by atoms with van der Waals surface area (Å²) >= 11 is 0. The van der Waals surface area contributed by atoms with Gasteiger partial charge in [-0.15, -0.1) is 0 Å². The van der Waals surface area contributed by atoms with Crippen molar-refractivity contribution in [2.45, 2.75) is 31.0 Å². The first-order chi connectivity index (χ1) is 12.4. The van der Waals surface area contributed by atoms with Crippen molar-refractivity contribution in [3.63, 3.8) is 0 Å². The standard InChI is InChI=1S/C16H18N6O4/c1-16(25)12(24)10(5-23)26-15(16)22-4-9(8-2-18-6-19-3-8)11-13(17)20-7-21-14(11)22/h2-4,6-7,10,12,15,23-25H,5H2,1H3,(H2,17,20,21)/t10-,12-,15-,16-/m1/s1. The molecule has 4 heterocycles. The third-order valence-electron chi connectivity index (χ3n) is 4.70. The lowest BCUT2D eigenvalue weighted by Crippen LogP contribution is -2.44. The van der Waals surface area contributed by atoms with E-state index in [9.17, 15) is 15.3 Å². The van der Waals surface area contributed by atoms with Crippen LogP contribution in [0, 0.1) is 0 Å². The number of nitrogens with zero attached hydrogens (tertiary/aromatic N) is 5. The second kappa shape index (κ2) is 5.95. The van der Waals surface area contributed by atoms with Crippen molar-refractivity contribution < 1.29 is 20.1 Å². The predicted octanol–water partition coefficient (Wildman–Crippen LogP) is -0.528. The summed E-state index contributed by atoms with van der Waals surface area (Å²) < 4.78 is 7.28. The van der Waals surface area contributed by atoms with Gasteiger partial charge >= 0.3 is 0 Å². The summed E-state index contributed by atoms with van der Waals surface area (Å²) in [5.74, 6) is 0.254. The van der Waals surface area contributed by atoms with Crippen LogP contribution in [-0.2, 0) is 4.74 Å². The molecule has 0 aliphatic carbocycles. The average molecular weight is 358 g/mol. The van der Waals surface area contributed by atoms with E-state index in [1.807, 2.05) is 0 Å². The van der Waals surface area contributed by atoms with Crippen LogP contribution in [-0.4, -0.2) is 64.2 Å². The summed E-state index contributed by atoms with van der Waals surface area (Å²) in [4.78, 5) is 16.3. The summed E-state index contributed by atoms with van der Waals surface area (Å²) in [5.41, 5.74) is 6.19. The first kappa shape index (κ1) is 16.8. The van der Waals surface area contributed by atoms with Crippen molar-refractivity contribution in [1.29, 1.82) is 0 Å². The molecule has 1 aliphatic rings. The zero-order valence-electron chi connectivity index (χ0n) is 13.9. The molecular weight excluding hydrogens is 340 g/mol. The number of rotatable bonds is 3. The van der Waals surface area contributed by atoms with E-state index < -0.39 is 30.6 Å². The minimum atomic E-state index is -1.65. The SMILES string of the molecule is C[C@@]1(O)[C@H](O)[C@@H](CO)O[C@H]1n1cc(-c2cncnc2)c2c(N)ncnc21. The normalized spacial score (nSPS) is 28.7. The highest BCUT2D eigenvalue weighted by Gasteiger charge is 2.53. The van der Waals surface area contributed by atoms with Crippen LogP contribution < -0.4 is 5.73 Å². The van der Waals surface area contributed by atoms with Crippen LogP contribution in [0.5, 0.6) is 0 Å². The molecule has 3 aromatic rings. The number of aliphatic hydroxyl groups is 3. The van der Waals surface area contributed by atoms with E-state index in [-0.39, 0.29) is 5.82 Å². The van der Waals surface area contributed by atoms with Gasteiger partial charge in [-0.1, -0.05) is 0 Å². The molecule has 0 amide bonds. The van der Waals surface area contributed by atoms with E-state index in [0.717, 1.165) is 0 Å². The Bertz CT molecular complexity index is 945. The van der Waals surface area contributed by atoms with Gasteiger partial charge in [-0.25, -0.2) is 19.9 Å². The molecule has 1 fully saturated rings. The molecule has 10 nitrogen and oxygen atoms in total. The summed E-state index contributed by atoms with van der Waals surface area (Å²) in [5, 5.41) is 31.0. The van der Waals surface area contributed by atoms with Gasteiger partial charge in [-0.3, -0.25) is 0 Å². The molecule has 10 heteroatoms. The average Bonchev–Trinajstić information content (AvgIpc) is 3.13. The Morgan fingerprint density at radius 3 is 2.65 bits per heavy atom. The van der Waals surface area contributed by atoms with Gasteiger partial charge in [0.1, 0.15) is 41.9 Å². The van der Waals surface area contributed by atoms with Crippen molar-refractivity contribution in [3.05, 3.63) is 31.2 Å². The second-order valence-corrected chi connectivity index (χ2v) is 6.41. The molecule has 0 bridgehead atoms. The van der Waals surface area contributed by atoms with E-state index in [1.54, 1.807) is 23.2 Å². The number of aromatic nitrogens is 5. The van der Waals surface area contributed by atoms with Crippen molar-refractivity contribution in [2.75, 3.05) is 12.3 Å². The number of ether oxygens (including phenoxy) is 1. The van der Waals surface area contributed by atoms with Gasteiger partial charge < -0.3 is 30.4 Å². The van der Waals surface area contributed by atoms with Crippen LogP contribution >= 0.6 is 0 Å². The highest BCUT2D eigenvalue weighted by Crippen LogP contribution is 2.42. The van der Waals surface area contributed by atoms with Crippen LogP contribution in [0.4, 0.5) is 5.82 Å². The van der Waals surface area contributed by atoms with Gasteiger partial charge in [-0.2, -0.15) is 0 Å². The van der Waals surface area contributed by atoms with E-state index in [0.29, 0.717) is 22.2 Å². The molecule has 0 saturated carbocycles. The monoisotopic (exact) mass is 358 g/mol. The molecule has 1 aliphatic heterocycles. The molecule has 0 unspecified atom stereocenters. The zero-order valence-corrected chi connectivity index (χ0v) is 13.9. The Morgan fingerprint density at radius 2 is 2.00 bits per heavy atom. The lowest BCUT2D eigenvalue weighted by molar-refractivity contribution is -0.0948. The Hall–Kier alpha value is -2.66. The van der Waals surface area contributed by atoms with Crippen LogP contribution in [0.25, 0.3) is 22.2 Å². The number of fused-ring (bicyclic) bond motifs is 1. The van der Waals surface area contributed by atoms with Gasteiger partial charge in [-0.05, 0) is 6.92 Å². The molecular formula is C16H18N6O4. The molecule has 1 saturated heterocycles. The number of nitrogen functional groups attached to an aromatic ring is 1. The van der Waals surface area contributed by atoms with Gasteiger partial charge in [0.25, 0.3) is 0 Å². The molecule has 4 rings (SSSR count). The fourth-order valence-electron chi connectivity index (χ4n) is 3.33. The maximum absolute atomic E-state index is 10.8. The summed E-state index contributed by atoms with van der Waals surface area (Å²) in [6.07, 6.45) is 4.49. The molecule has 5 N–H and O–H groups in total. The van der Waals surface area contributed by atoms with Crippen molar-refractivity contribution in [3.8, 4) is 11.1 Å². The lowest BCUT2D eigenvalue weighted by Gasteiger charge is -2.27. The number of anilines is 1. The summed E-state index contributed by atoms with van der Waals surface area (Å²) in [6, 6.07) is 0. The van der Waals surface area contributed by atoms with Crippen LogP contribution in [0.1, 0.15) is 13.2 Å². The molecule has 4 atom stereocenters. The van der Waals surface area contributed by atoms with Crippen molar-refractivity contribution in [1.82, 2.24) is 24.5 Å².